The van der Waals surface area contributed by atoms with Crippen molar-refractivity contribution in [3.63, 3.8) is 0 Å². The molecule has 3 rings (SSSR count). The predicted octanol–water partition coefficient (Wildman–Crippen LogP) is -1.09. The number of likely N-dealkylation sites (N-methyl/N-ethyl adjacent to an activating group) is 1. The highest BCUT2D eigenvalue weighted by atomic mass is 16.2. The van der Waals surface area contributed by atoms with Gasteiger partial charge in [0.1, 0.15) is 6.33 Å². The summed E-state index contributed by atoms with van der Waals surface area (Å²) in [6, 6.07) is 0. The van der Waals surface area contributed by atoms with Gasteiger partial charge in [-0.1, -0.05) is 0 Å². The van der Waals surface area contributed by atoms with Gasteiger partial charge in [-0.2, -0.15) is 0 Å². The molecule has 2 saturated heterocycles. The number of aromatic nitrogens is 3. The summed E-state index contributed by atoms with van der Waals surface area (Å²) >= 11 is 0. The Bertz CT molecular complexity index is 584. The third kappa shape index (κ3) is 2.70. The molecule has 2 fully saturated rings. The van der Waals surface area contributed by atoms with Crippen LogP contribution in [0.4, 0.5) is 0 Å². The van der Waals surface area contributed by atoms with Crippen molar-refractivity contribution in [2.45, 2.75) is 0 Å². The Morgan fingerprint density at radius 1 is 1.36 bits per heavy atom. The summed E-state index contributed by atoms with van der Waals surface area (Å²) in [5.74, 6) is 0.385. The zero-order valence-electron chi connectivity index (χ0n) is 13.3. The Balaban J connectivity index is 1.61. The van der Waals surface area contributed by atoms with Crippen molar-refractivity contribution in [3.8, 4) is 0 Å². The molecule has 22 heavy (non-hydrogen) atoms. The molecule has 0 N–H and O–H groups in total. The summed E-state index contributed by atoms with van der Waals surface area (Å²) in [4.78, 5) is 34.5. The van der Waals surface area contributed by atoms with Crippen LogP contribution in [-0.2, 0) is 11.8 Å². The van der Waals surface area contributed by atoms with Crippen LogP contribution in [0.1, 0.15) is 10.6 Å². The van der Waals surface area contributed by atoms with E-state index in [1.165, 1.54) is 11.0 Å². The summed E-state index contributed by atoms with van der Waals surface area (Å²) < 4.78 is 1.51. The lowest BCUT2D eigenvalue weighted by Crippen LogP contribution is -2.38. The first kappa shape index (κ1) is 15.0. The van der Waals surface area contributed by atoms with Crippen LogP contribution in [-0.4, -0.2) is 88.1 Å². The van der Waals surface area contributed by atoms with Gasteiger partial charge in [0.05, 0.1) is 5.92 Å². The van der Waals surface area contributed by atoms with Crippen LogP contribution in [0, 0.1) is 11.8 Å². The number of hydrogen-bond acceptors (Lipinski definition) is 5. The molecule has 2 atom stereocenters. The molecule has 3 heterocycles. The molecule has 0 unspecified atom stereocenters. The van der Waals surface area contributed by atoms with E-state index >= 15 is 0 Å². The molecule has 0 saturated carbocycles. The van der Waals surface area contributed by atoms with Crippen molar-refractivity contribution >= 4 is 11.8 Å². The molecule has 0 aliphatic carbocycles. The highest BCUT2D eigenvalue weighted by molar-refractivity contribution is 5.92. The molecule has 1 aromatic rings. The summed E-state index contributed by atoms with van der Waals surface area (Å²) in [6.45, 7) is 3.47. The van der Waals surface area contributed by atoms with Crippen molar-refractivity contribution in [2.24, 2.45) is 18.9 Å². The van der Waals surface area contributed by atoms with Gasteiger partial charge >= 0.3 is 0 Å². The minimum atomic E-state index is -0.178. The Hall–Kier alpha value is -1.96. The van der Waals surface area contributed by atoms with E-state index in [9.17, 15) is 9.59 Å². The second kappa shape index (κ2) is 5.68. The van der Waals surface area contributed by atoms with Gasteiger partial charge in [0.15, 0.2) is 0 Å². The van der Waals surface area contributed by atoms with Crippen molar-refractivity contribution < 1.29 is 9.59 Å². The number of likely N-dealkylation sites (tertiary alicyclic amines) is 2. The van der Waals surface area contributed by atoms with Crippen LogP contribution in [0.5, 0.6) is 0 Å². The van der Waals surface area contributed by atoms with Crippen LogP contribution >= 0.6 is 0 Å². The second-order valence-electron chi connectivity index (χ2n) is 6.41. The third-order valence-electron chi connectivity index (χ3n) is 4.42. The van der Waals surface area contributed by atoms with Crippen molar-refractivity contribution in [1.29, 1.82) is 0 Å². The number of carbonyl (C=O) groups excluding carboxylic acids is 2. The fourth-order valence-electron chi connectivity index (χ4n) is 3.21. The number of nitrogens with zero attached hydrogens (tertiary/aromatic N) is 6. The quantitative estimate of drug-likeness (QED) is 0.706. The largest absolute Gasteiger partial charge is 0.341 e. The van der Waals surface area contributed by atoms with E-state index < -0.39 is 0 Å². The molecular formula is C14H22N6O2. The lowest BCUT2D eigenvalue weighted by molar-refractivity contribution is -0.131. The van der Waals surface area contributed by atoms with E-state index in [0.29, 0.717) is 13.1 Å². The molecule has 0 radical (unpaired) electrons. The molecule has 2 amide bonds. The average molecular weight is 306 g/mol. The topological polar surface area (TPSA) is 74.6 Å². The Kier molecular flexibility index (Phi) is 3.86. The maximum absolute atomic E-state index is 12.4. The van der Waals surface area contributed by atoms with Crippen LogP contribution < -0.4 is 0 Å². The van der Waals surface area contributed by atoms with E-state index in [-0.39, 0.29) is 29.5 Å². The lowest BCUT2D eigenvalue weighted by atomic mass is 10.0. The number of carbonyl (C=O) groups is 2. The fourth-order valence-corrected chi connectivity index (χ4v) is 3.21. The number of hydrogen-bond donors (Lipinski definition) is 0. The van der Waals surface area contributed by atoms with Gasteiger partial charge in [-0.05, 0) is 14.1 Å². The molecule has 120 valence electrons. The Labute approximate surface area is 129 Å². The van der Waals surface area contributed by atoms with Gasteiger partial charge in [0.2, 0.25) is 11.7 Å². The summed E-state index contributed by atoms with van der Waals surface area (Å²) in [7, 11) is 5.73. The van der Waals surface area contributed by atoms with Gasteiger partial charge in [0.25, 0.3) is 5.91 Å². The fraction of sp³-hybridized carbons (Fsp3) is 0.714. The lowest BCUT2D eigenvalue weighted by Gasteiger charge is -2.22. The van der Waals surface area contributed by atoms with E-state index in [4.69, 9.17) is 0 Å². The Morgan fingerprint density at radius 3 is 2.73 bits per heavy atom. The van der Waals surface area contributed by atoms with Crippen molar-refractivity contribution in [3.05, 3.63) is 12.2 Å². The number of aryl methyl sites for hydroxylation is 1. The van der Waals surface area contributed by atoms with Crippen LogP contribution in [0.3, 0.4) is 0 Å². The van der Waals surface area contributed by atoms with E-state index in [1.54, 1.807) is 11.9 Å². The van der Waals surface area contributed by atoms with Gasteiger partial charge in [-0.3, -0.25) is 14.3 Å². The smallest absolute Gasteiger partial charge is 0.293 e. The van der Waals surface area contributed by atoms with Crippen molar-refractivity contribution in [1.82, 2.24) is 29.5 Å². The third-order valence-corrected chi connectivity index (χ3v) is 4.42. The average Bonchev–Trinajstić information content (AvgIpc) is 3.13. The maximum atomic E-state index is 12.4. The normalized spacial score (nSPS) is 24.5. The van der Waals surface area contributed by atoms with Gasteiger partial charge in [0, 0.05) is 45.7 Å². The minimum Gasteiger partial charge on any atom is -0.341 e. The molecule has 0 aromatic carbocycles. The molecule has 1 aromatic heterocycles. The number of amides is 2. The standard InChI is InChI=1S/C14H22N6O2/c1-17(2)4-5-19-6-10-7-20(8-11(10)13(19)21)14(22)12-15-9-18(3)16-12/h9-11H,4-8H2,1-3H3/t10-,11+/m1/s1. The second-order valence-corrected chi connectivity index (χ2v) is 6.41. The first-order valence-electron chi connectivity index (χ1n) is 7.54. The summed E-state index contributed by atoms with van der Waals surface area (Å²) in [6.07, 6.45) is 1.51. The number of rotatable bonds is 4. The zero-order valence-corrected chi connectivity index (χ0v) is 13.3. The Morgan fingerprint density at radius 2 is 2.14 bits per heavy atom. The van der Waals surface area contributed by atoms with Gasteiger partial charge in [-0.25, -0.2) is 4.98 Å². The van der Waals surface area contributed by atoms with Gasteiger partial charge in [-0.15, -0.1) is 5.10 Å². The van der Waals surface area contributed by atoms with E-state index in [0.717, 1.165) is 19.6 Å². The summed E-state index contributed by atoms with van der Waals surface area (Å²) in [5, 5.41) is 4.05. The van der Waals surface area contributed by atoms with Gasteiger partial charge < -0.3 is 14.7 Å². The SMILES string of the molecule is CN(C)CCN1C[C@@H]2CN(C(=O)c3ncn(C)n3)C[C@@H]2C1=O. The minimum absolute atomic E-state index is 0.0603. The molecule has 0 bridgehead atoms. The summed E-state index contributed by atoms with van der Waals surface area (Å²) in [5.41, 5.74) is 0. The van der Waals surface area contributed by atoms with Crippen molar-refractivity contribution in [2.75, 3.05) is 46.8 Å². The highest BCUT2D eigenvalue weighted by Crippen LogP contribution is 2.32. The molecule has 8 heteroatoms. The highest BCUT2D eigenvalue weighted by Gasteiger charge is 2.47. The van der Waals surface area contributed by atoms with Crippen LogP contribution in [0.2, 0.25) is 0 Å². The maximum Gasteiger partial charge on any atom is 0.293 e. The first-order valence-corrected chi connectivity index (χ1v) is 7.54. The van der Waals surface area contributed by atoms with E-state index in [1.807, 2.05) is 19.0 Å². The molecule has 2 aliphatic rings. The predicted molar refractivity (Wildman–Crippen MR) is 79.0 cm³/mol. The van der Waals surface area contributed by atoms with Crippen LogP contribution in [0.25, 0.3) is 0 Å². The van der Waals surface area contributed by atoms with E-state index in [2.05, 4.69) is 15.0 Å². The zero-order chi connectivity index (χ0) is 15.9. The monoisotopic (exact) mass is 306 g/mol. The molecule has 0 spiro atoms. The molecule has 2 aliphatic heterocycles. The number of fused-ring (bicyclic) bond motifs is 1. The molecule has 8 nitrogen and oxygen atoms in total. The van der Waals surface area contributed by atoms with Crippen LogP contribution in [0.15, 0.2) is 6.33 Å². The molecular weight excluding hydrogens is 284 g/mol. The first-order chi connectivity index (χ1) is 10.5.